The molecule has 0 aliphatic carbocycles. The largest absolute Gasteiger partial charge is 0.511 e. The van der Waals surface area contributed by atoms with Gasteiger partial charge in [-0.15, -0.1) is 0 Å². The fraction of sp³-hybridized carbons (Fsp3) is 0. The van der Waals surface area contributed by atoms with E-state index in [1.807, 2.05) is 0 Å². The van der Waals surface area contributed by atoms with E-state index in [0.29, 0.717) is 0 Å². The molecule has 0 bridgehead atoms. The molecule has 0 saturated carbocycles. The van der Waals surface area contributed by atoms with Crippen LogP contribution >= 0.6 is 0 Å². The van der Waals surface area contributed by atoms with Crippen molar-refractivity contribution in [3.63, 3.8) is 0 Å². The van der Waals surface area contributed by atoms with Gasteiger partial charge in [-0.05, 0) is 12.1 Å². The van der Waals surface area contributed by atoms with Gasteiger partial charge in [-0.25, -0.2) is 9.59 Å². The van der Waals surface area contributed by atoms with Crippen molar-refractivity contribution in [2.45, 2.75) is 0 Å². The molecule has 0 aromatic heterocycles. The second-order valence-electron chi connectivity index (χ2n) is 2.35. The summed E-state index contributed by atoms with van der Waals surface area (Å²) in [6, 6.07) is 5.28. The summed E-state index contributed by atoms with van der Waals surface area (Å²) in [7, 11) is 0. The van der Waals surface area contributed by atoms with Crippen molar-refractivity contribution in [3.8, 4) is 5.75 Å². The van der Waals surface area contributed by atoms with Gasteiger partial charge >= 0.3 is 12.2 Å². The van der Waals surface area contributed by atoms with Crippen LogP contribution in [0.4, 0.5) is 15.3 Å². The van der Waals surface area contributed by atoms with Gasteiger partial charge in [-0.2, -0.15) is 0 Å². The predicted molar refractivity (Wildman–Crippen MR) is 48.3 cm³/mol. The number of benzene rings is 1. The number of nitrogens with one attached hydrogen (secondary N) is 1. The van der Waals surface area contributed by atoms with Crippen molar-refractivity contribution in [2.75, 3.05) is 5.32 Å². The lowest BCUT2D eigenvalue weighted by Crippen LogP contribution is -2.20. The van der Waals surface area contributed by atoms with E-state index >= 15 is 0 Å². The monoisotopic (exact) mass is 196 g/mol. The minimum Gasteiger partial charge on any atom is -0.449 e. The van der Waals surface area contributed by atoms with Crippen molar-refractivity contribution >= 4 is 17.9 Å². The van der Waals surface area contributed by atoms with Crippen LogP contribution in [0.3, 0.4) is 0 Å². The van der Waals surface area contributed by atoms with Gasteiger partial charge in [0.15, 0.2) is 5.75 Å². The van der Waals surface area contributed by atoms with Crippen LogP contribution in [0.1, 0.15) is 0 Å². The van der Waals surface area contributed by atoms with Gasteiger partial charge < -0.3 is 20.9 Å². The summed E-state index contributed by atoms with van der Waals surface area (Å²) >= 11 is 0. The van der Waals surface area contributed by atoms with Gasteiger partial charge in [0.2, 0.25) is 0 Å². The van der Waals surface area contributed by atoms with Crippen LogP contribution in [0.25, 0.3) is 0 Å². The van der Waals surface area contributed by atoms with Crippen molar-refractivity contribution in [1.29, 1.82) is 0 Å². The first-order valence-corrected chi connectivity index (χ1v) is 3.66. The standard InChI is InChI=1S/C8H8N2O4/c9-7(11)10-5-3-1-2-4-6(5)14-8(12)13/h1-4H,(H,12,13)(H3,9,10,11). The molecule has 0 aliphatic rings. The number of primary amides is 1. The van der Waals surface area contributed by atoms with E-state index in [1.165, 1.54) is 12.1 Å². The van der Waals surface area contributed by atoms with Gasteiger partial charge in [0.1, 0.15) is 0 Å². The molecule has 1 rings (SSSR count). The molecule has 0 spiro atoms. The molecular formula is C8H8N2O4. The number of rotatable bonds is 2. The Bertz CT molecular complexity index is 329. The van der Waals surface area contributed by atoms with Crippen LogP contribution in [-0.4, -0.2) is 17.3 Å². The Morgan fingerprint density at radius 2 is 2.00 bits per heavy atom. The SMILES string of the molecule is NC(=O)Nc1ccccc1OC(=O)O. The third-order valence-corrected chi connectivity index (χ3v) is 1.34. The highest BCUT2D eigenvalue weighted by atomic mass is 16.7. The molecule has 0 heterocycles. The van der Waals surface area contributed by atoms with Crippen LogP contribution in [0.15, 0.2) is 24.3 Å². The maximum Gasteiger partial charge on any atom is 0.511 e. The smallest absolute Gasteiger partial charge is 0.449 e. The lowest BCUT2D eigenvalue weighted by atomic mass is 10.3. The maximum absolute atomic E-state index is 10.5. The van der Waals surface area contributed by atoms with Crippen molar-refractivity contribution in [1.82, 2.24) is 0 Å². The Kier molecular flexibility index (Phi) is 2.90. The van der Waals surface area contributed by atoms with E-state index in [-0.39, 0.29) is 11.4 Å². The number of carbonyl (C=O) groups is 2. The van der Waals surface area contributed by atoms with Crippen LogP contribution in [0, 0.1) is 0 Å². The van der Waals surface area contributed by atoms with Crippen LogP contribution in [-0.2, 0) is 0 Å². The van der Waals surface area contributed by atoms with E-state index < -0.39 is 12.2 Å². The number of urea groups is 1. The van der Waals surface area contributed by atoms with E-state index in [4.69, 9.17) is 10.8 Å². The molecule has 0 aliphatic heterocycles. The number of nitrogens with two attached hydrogens (primary N) is 1. The van der Waals surface area contributed by atoms with Crippen molar-refractivity contribution in [3.05, 3.63) is 24.3 Å². The summed E-state index contributed by atoms with van der Waals surface area (Å²) in [5.74, 6) is 0.0267. The van der Waals surface area contributed by atoms with Gasteiger partial charge in [0.05, 0.1) is 5.69 Å². The first kappa shape index (κ1) is 9.85. The van der Waals surface area contributed by atoms with E-state index in [0.717, 1.165) is 0 Å². The summed E-state index contributed by atoms with van der Waals surface area (Å²) in [4.78, 5) is 20.8. The minimum absolute atomic E-state index is 0.0267. The molecule has 4 N–H and O–H groups in total. The summed E-state index contributed by atoms with van der Waals surface area (Å²) in [6.45, 7) is 0. The highest BCUT2D eigenvalue weighted by Gasteiger charge is 2.07. The van der Waals surface area contributed by atoms with E-state index in [2.05, 4.69) is 10.1 Å². The third-order valence-electron chi connectivity index (χ3n) is 1.34. The van der Waals surface area contributed by atoms with Crippen LogP contribution in [0.2, 0.25) is 0 Å². The van der Waals surface area contributed by atoms with Crippen LogP contribution in [0.5, 0.6) is 5.75 Å². The number of carbonyl (C=O) groups excluding carboxylic acids is 1. The van der Waals surface area contributed by atoms with Crippen LogP contribution < -0.4 is 15.8 Å². The van der Waals surface area contributed by atoms with Gasteiger partial charge in [-0.1, -0.05) is 12.1 Å². The van der Waals surface area contributed by atoms with Gasteiger partial charge in [0.25, 0.3) is 0 Å². The first-order chi connectivity index (χ1) is 6.59. The molecule has 1 aromatic carbocycles. The average Bonchev–Trinajstić information content (AvgIpc) is 2.06. The maximum atomic E-state index is 10.5. The highest BCUT2D eigenvalue weighted by molar-refractivity contribution is 5.90. The molecule has 1 aromatic rings. The van der Waals surface area contributed by atoms with Crippen molar-refractivity contribution in [2.24, 2.45) is 5.73 Å². The molecule has 14 heavy (non-hydrogen) atoms. The summed E-state index contributed by atoms with van der Waals surface area (Å²) in [5.41, 5.74) is 5.08. The Hall–Kier alpha value is -2.24. The zero-order valence-corrected chi connectivity index (χ0v) is 7.06. The number of carboxylic acid groups (broad SMARTS) is 1. The molecule has 0 fully saturated rings. The first-order valence-electron chi connectivity index (χ1n) is 3.66. The molecule has 2 amide bonds. The Morgan fingerprint density at radius 3 is 2.57 bits per heavy atom. The minimum atomic E-state index is -1.45. The fourth-order valence-electron chi connectivity index (χ4n) is 0.886. The number of ether oxygens (including phenoxy) is 1. The second-order valence-corrected chi connectivity index (χ2v) is 2.35. The molecule has 74 valence electrons. The summed E-state index contributed by atoms with van der Waals surface area (Å²) in [6.07, 6.45) is -1.45. The molecule has 6 heteroatoms. The lowest BCUT2D eigenvalue weighted by molar-refractivity contribution is 0.144. The molecule has 0 atom stereocenters. The number of hydrogen-bond donors (Lipinski definition) is 3. The quantitative estimate of drug-likeness (QED) is 0.489. The Labute approximate surface area is 79.3 Å². The number of hydrogen-bond acceptors (Lipinski definition) is 3. The van der Waals surface area contributed by atoms with Gasteiger partial charge in [-0.3, -0.25) is 0 Å². The normalized spacial score (nSPS) is 9.14. The predicted octanol–water partition coefficient (Wildman–Crippen LogP) is 1.23. The Morgan fingerprint density at radius 1 is 1.36 bits per heavy atom. The molecule has 0 radical (unpaired) electrons. The Balaban J connectivity index is 2.90. The second kappa shape index (κ2) is 4.13. The molecular weight excluding hydrogens is 188 g/mol. The summed E-state index contributed by atoms with van der Waals surface area (Å²) < 4.78 is 4.39. The van der Waals surface area contributed by atoms with Crippen molar-refractivity contribution < 1.29 is 19.4 Å². The number of anilines is 1. The topological polar surface area (TPSA) is 102 Å². The van der Waals surface area contributed by atoms with Gasteiger partial charge in [0, 0.05) is 0 Å². The zero-order valence-electron chi connectivity index (χ0n) is 7.06. The summed E-state index contributed by atoms with van der Waals surface area (Å²) in [5, 5.41) is 10.6. The zero-order chi connectivity index (χ0) is 10.6. The highest BCUT2D eigenvalue weighted by Crippen LogP contribution is 2.23. The van der Waals surface area contributed by atoms with E-state index in [9.17, 15) is 9.59 Å². The molecule has 0 unspecified atom stereocenters. The number of amides is 2. The third kappa shape index (κ3) is 2.67. The average molecular weight is 196 g/mol. The lowest BCUT2D eigenvalue weighted by Gasteiger charge is -2.06. The molecule has 6 nitrogen and oxygen atoms in total. The molecule has 0 saturated heterocycles. The number of para-hydroxylation sites is 2. The fourth-order valence-corrected chi connectivity index (χ4v) is 0.886. The van der Waals surface area contributed by atoms with E-state index in [1.54, 1.807) is 12.1 Å².